The third-order valence-electron chi connectivity index (χ3n) is 5.16. The molecule has 0 spiro atoms. The number of benzene rings is 2. The molecule has 0 aromatic heterocycles. The fourth-order valence-electron chi connectivity index (χ4n) is 3.25. The largest absolute Gasteiger partial charge is 0.369 e. The number of nitrogens with two attached hydrogens (primary N) is 1. The number of primary amides is 1. The number of rotatable bonds is 11. The molecule has 0 bridgehead atoms. The highest BCUT2D eigenvalue weighted by Gasteiger charge is 2.17. The lowest BCUT2D eigenvalue weighted by Crippen LogP contribution is -2.33. The van der Waals surface area contributed by atoms with Crippen molar-refractivity contribution in [2.75, 3.05) is 17.6 Å². The summed E-state index contributed by atoms with van der Waals surface area (Å²) in [4.78, 5) is 24.5. The predicted octanol–water partition coefficient (Wildman–Crippen LogP) is 4.70. The van der Waals surface area contributed by atoms with E-state index in [-0.39, 0.29) is 30.2 Å². The Kier molecular flexibility index (Phi) is 9.40. The molecule has 2 atom stereocenters. The number of carbonyl (C=O) groups excluding carboxylic acids is 2. The number of hydrogen-bond acceptors (Lipinski definition) is 4. The number of anilines is 1. The van der Waals surface area contributed by atoms with Gasteiger partial charge in [-0.3, -0.25) is 9.59 Å². The van der Waals surface area contributed by atoms with Gasteiger partial charge in [0.1, 0.15) is 0 Å². The molecule has 2 unspecified atom stereocenters. The quantitative estimate of drug-likeness (QED) is 0.454. The van der Waals surface area contributed by atoms with Crippen LogP contribution in [0, 0.1) is 5.92 Å². The van der Waals surface area contributed by atoms with E-state index < -0.39 is 0 Å². The zero-order valence-electron chi connectivity index (χ0n) is 18.3. The summed E-state index contributed by atoms with van der Waals surface area (Å²) in [5, 5.41) is 6.33. The Morgan fingerprint density at radius 2 is 1.63 bits per heavy atom. The van der Waals surface area contributed by atoms with Gasteiger partial charge in [-0.2, -0.15) is 0 Å². The summed E-state index contributed by atoms with van der Waals surface area (Å²) in [5.41, 5.74) is 8.44. The maximum Gasteiger partial charge on any atom is 0.238 e. The summed E-state index contributed by atoms with van der Waals surface area (Å²) in [6.07, 6.45) is 1.12. The Labute approximate surface area is 184 Å². The van der Waals surface area contributed by atoms with Crippen LogP contribution in [0.2, 0.25) is 0 Å². The van der Waals surface area contributed by atoms with Crippen molar-refractivity contribution in [2.45, 2.75) is 51.0 Å². The second-order valence-electron chi connectivity index (χ2n) is 7.88. The molecule has 2 aromatic carbocycles. The van der Waals surface area contributed by atoms with Crippen LogP contribution in [0.3, 0.4) is 0 Å². The predicted molar refractivity (Wildman–Crippen MR) is 126 cm³/mol. The standard InChI is InChI=1S/C24H33N3O2S/c1-5-17(4)18-10-12-19(13-11-18)24(16(2)3)26-14-23(29)27-20-8-6-7-9-21(20)30-15-22(25)28/h6-13,16-17,24,26H,5,14-15H2,1-4H3,(H2,25,28)(H,27,29). The summed E-state index contributed by atoms with van der Waals surface area (Å²) in [7, 11) is 0. The van der Waals surface area contributed by atoms with Gasteiger partial charge in [-0.15, -0.1) is 11.8 Å². The summed E-state index contributed by atoms with van der Waals surface area (Å²) in [6.45, 7) is 8.92. The lowest BCUT2D eigenvalue weighted by atomic mass is 9.92. The first-order valence-electron chi connectivity index (χ1n) is 10.4. The first kappa shape index (κ1) is 24.0. The van der Waals surface area contributed by atoms with Crippen LogP contribution in [0.1, 0.15) is 57.2 Å². The molecule has 0 saturated heterocycles. The van der Waals surface area contributed by atoms with Gasteiger partial charge in [0.05, 0.1) is 18.0 Å². The minimum Gasteiger partial charge on any atom is -0.369 e. The van der Waals surface area contributed by atoms with E-state index in [9.17, 15) is 9.59 Å². The average molecular weight is 428 g/mol. The molecule has 2 amide bonds. The summed E-state index contributed by atoms with van der Waals surface area (Å²) in [5.74, 6) is 0.548. The zero-order chi connectivity index (χ0) is 22.1. The molecule has 5 nitrogen and oxygen atoms in total. The summed E-state index contributed by atoms with van der Waals surface area (Å²) < 4.78 is 0. The van der Waals surface area contributed by atoms with Crippen LogP contribution in [0.5, 0.6) is 0 Å². The van der Waals surface area contributed by atoms with E-state index >= 15 is 0 Å². The van der Waals surface area contributed by atoms with Crippen LogP contribution in [0.4, 0.5) is 5.69 Å². The maximum atomic E-state index is 12.6. The molecule has 2 rings (SSSR count). The minimum absolute atomic E-state index is 0.0845. The first-order valence-corrected chi connectivity index (χ1v) is 11.4. The van der Waals surface area contributed by atoms with Gasteiger partial charge in [-0.05, 0) is 41.5 Å². The molecule has 30 heavy (non-hydrogen) atoms. The van der Waals surface area contributed by atoms with Crippen LogP contribution in [0.15, 0.2) is 53.4 Å². The van der Waals surface area contributed by atoms with E-state index in [2.05, 4.69) is 62.6 Å². The Morgan fingerprint density at radius 1 is 1.00 bits per heavy atom. The van der Waals surface area contributed by atoms with Gasteiger partial charge in [0, 0.05) is 10.9 Å². The van der Waals surface area contributed by atoms with Crippen molar-refractivity contribution in [3.05, 3.63) is 59.7 Å². The number of nitrogens with one attached hydrogen (secondary N) is 2. The second kappa shape index (κ2) is 11.8. The van der Waals surface area contributed by atoms with Crippen LogP contribution in [0.25, 0.3) is 0 Å². The minimum atomic E-state index is -0.387. The number of carbonyl (C=O) groups is 2. The fourth-order valence-corrected chi connectivity index (χ4v) is 3.99. The van der Waals surface area contributed by atoms with Crippen LogP contribution >= 0.6 is 11.8 Å². The topological polar surface area (TPSA) is 84.2 Å². The lowest BCUT2D eigenvalue weighted by molar-refractivity contribution is -0.116. The number of hydrogen-bond donors (Lipinski definition) is 3. The van der Waals surface area contributed by atoms with E-state index in [1.807, 2.05) is 24.3 Å². The molecular formula is C24H33N3O2S. The van der Waals surface area contributed by atoms with Gasteiger partial charge in [-0.1, -0.05) is 64.1 Å². The first-order chi connectivity index (χ1) is 14.3. The van der Waals surface area contributed by atoms with Gasteiger partial charge in [-0.25, -0.2) is 0 Å². The van der Waals surface area contributed by atoms with Gasteiger partial charge in [0.25, 0.3) is 0 Å². The Morgan fingerprint density at radius 3 is 2.23 bits per heavy atom. The highest BCUT2D eigenvalue weighted by atomic mass is 32.2. The molecule has 0 heterocycles. The Bertz CT molecular complexity index is 837. The van der Waals surface area contributed by atoms with Crippen molar-refractivity contribution in [2.24, 2.45) is 11.7 Å². The van der Waals surface area contributed by atoms with E-state index in [0.29, 0.717) is 17.5 Å². The molecule has 2 aromatic rings. The van der Waals surface area contributed by atoms with Gasteiger partial charge in [0.15, 0.2) is 0 Å². The van der Waals surface area contributed by atoms with Gasteiger partial charge < -0.3 is 16.4 Å². The zero-order valence-corrected chi connectivity index (χ0v) is 19.1. The van der Waals surface area contributed by atoms with E-state index in [1.54, 1.807) is 0 Å². The molecule has 0 fully saturated rings. The molecule has 0 radical (unpaired) electrons. The third-order valence-corrected chi connectivity index (χ3v) is 6.25. The molecule has 0 aliphatic heterocycles. The van der Waals surface area contributed by atoms with E-state index in [1.165, 1.54) is 22.9 Å². The molecule has 0 aliphatic rings. The van der Waals surface area contributed by atoms with Crippen molar-refractivity contribution in [3.63, 3.8) is 0 Å². The monoisotopic (exact) mass is 427 g/mol. The van der Waals surface area contributed by atoms with E-state index in [4.69, 9.17) is 5.73 Å². The molecule has 162 valence electrons. The fraction of sp³-hybridized carbons (Fsp3) is 0.417. The Balaban J connectivity index is 2.00. The SMILES string of the molecule is CCC(C)c1ccc(C(NCC(=O)Nc2ccccc2SCC(N)=O)C(C)C)cc1. The van der Waals surface area contributed by atoms with Crippen molar-refractivity contribution >= 4 is 29.3 Å². The third kappa shape index (κ3) is 7.18. The van der Waals surface area contributed by atoms with Crippen molar-refractivity contribution in [1.82, 2.24) is 5.32 Å². The molecule has 4 N–H and O–H groups in total. The molecule has 0 saturated carbocycles. The van der Waals surface area contributed by atoms with Gasteiger partial charge >= 0.3 is 0 Å². The average Bonchev–Trinajstić information content (AvgIpc) is 2.72. The smallest absolute Gasteiger partial charge is 0.238 e. The number of para-hydroxylation sites is 1. The van der Waals surface area contributed by atoms with Crippen LogP contribution in [-0.2, 0) is 9.59 Å². The number of amides is 2. The summed E-state index contributed by atoms with van der Waals surface area (Å²) >= 11 is 1.32. The summed E-state index contributed by atoms with van der Waals surface area (Å²) in [6, 6.07) is 16.2. The molecule has 0 aliphatic carbocycles. The normalized spacial score (nSPS) is 13.1. The van der Waals surface area contributed by atoms with Crippen molar-refractivity contribution in [1.29, 1.82) is 0 Å². The van der Waals surface area contributed by atoms with Crippen molar-refractivity contribution in [3.8, 4) is 0 Å². The van der Waals surface area contributed by atoms with Crippen LogP contribution in [-0.4, -0.2) is 24.1 Å². The highest BCUT2D eigenvalue weighted by Crippen LogP contribution is 2.27. The number of thioether (sulfide) groups is 1. The molecule has 6 heteroatoms. The van der Waals surface area contributed by atoms with E-state index in [0.717, 1.165) is 11.3 Å². The second-order valence-corrected chi connectivity index (χ2v) is 8.90. The van der Waals surface area contributed by atoms with Gasteiger partial charge in [0.2, 0.25) is 11.8 Å². The van der Waals surface area contributed by atoms with Crippen molar-refractivity contribution < 1.29 is 9.59 Å². The van der Waals surface area contributed by atoms with Crippen LogP contribution < -0.4 is 16.4 Å². The lowest BCUT2D eigenvalue weighted by Gasteiger charge is -2.23. The maximum absolute atomic E-state index is 12.6. The molecular weight excluding hydrogens is 394 g/mol. The highest BCUT2D eigenvalue weighted by molar-refractivity contribution is 8.00. The Hall–Kier alpha value is -2.31.